The molecule has 1 aromatic heterocycles. The summed E-state index contributed by atoms with van der Waals surface area (Å²) in [5, 5.41) is 0.677. The van der Waals surface area contributed by atoms with E-state index in [1.165, 1.54) is 0 Å². The Morgan fingerprint density at radius 1 is 1.42 bits per heavy atom. The third-order valence-corrected chi connectivity index (χ3v) is 2.07. The smallest absolute Gasteiger partial charge is 0.128 e. The molecule has 0 bridgehead atoms. The molecule has 0 saturated heterocycles. The molecule has 1 rings (SSSR count). The molecule has 0 radical (unpaired) electrons. The summed E-state index contributed by atoms with van der Waals surface area (Å²) in [6.07, 6.45) is 1.66. The Hall–Kier alpha value is -0.760. The first-order valence-corrected chi connectivity index (χ1v) is 4.33. The average Bonchev–Trinajstić information content (AvgIpc) is 2.04. The van der Waals surface area contributed by atoms with Gasteiger partial charge in [0.05, 0.1) is 5.02 Å². The van der Waals surface area contributed by atoms with E-state index in [-0.39, 0.29) is 0 Å². The maximum absolute atomic E-state index is 5.71. The van der Waals surface area contributed by atoms with Crippen LogP contribution in [0.2, 0.25) is 5.02 Å². The largest absolute Gasteiger partial charge is 0.357 e. The number of rotatable bonds is 2. The van der Waals surface area contributed by atoms with E-state index in [9.17, 15) is 0 Å². The molecule has 0 aliphatic rings. The fraction of sp³-hybridized carbons (Fsp3) is 0.444. The minimum absolute atomic E-state index is 0.457. The lowest BCUT2D eigenvalue weighted by molar-refractivity contribution is 0.743. The Bertz CT molecular complexity index is 243. The van der Waals surface area contributed by atoms with Crippen LogP contribution in [0.4, 0.5) is 5.82 Å². The van der Waals surface area contributed by atoms with Crippen LogP contribution in [0.1, 0.15) is 13.8 Å². The zero-order valence-electron chi connectivity index (χ0n) is 7.58. The molecule has 3 heteroatoms. The van der Waals surface area contributed by atoms with E-state index in [1.807, 2.05) is 19.2 Å². The summed E-state index contributed by atoms with van der Waals surface area (Å²) < 4.78 is 0. The van der Waals surface area contributed by atoms with Crippen LogP contribution in [-0.4, -0.2) is 18.1 Å². The average molecular weight is 185 g/mol. The van der Waals surface area contributed by atoms with Crippen LogP contribution in [0.25, 0.3) is 0 Å². The summed E-state index contributed by atoms with van der Waals surface area (Å²) in [5.74, 6) is 0.953. The molecule has 12 heavy (non-hydrogen) atoms. The number of nitrogens with zero attached hydrogens (tertiary/aromatic N) is 2. The van der Waals surface area contributed by atoms with Crippen molar-refractivity contribution in [1.82, 2.24) is 4.98 Å². The normalized spacial score (nSPS) is 10.4. The Labute approximate surface area is 78.2 Å². The van der Waals surface area contributed by atoms with Gasteiger partial charge in [-0.25, -0.2) is 4.98 Å². The minimum atomic E-state index is 0.457. The molecule has 0 saturated carbocycles. The second-order valence-electron chi connectivity index (χ2n) is 3.04. The van der Waals surface area contributed by atoms with Gasteiger partial charge in [0, 0.05) is 19.3 Å². The van der Waals surface area contributed by atoms with Gasteiger partial charge >= 0.3 is 0 Å². The molecule has 2 nitrogen and oxygen atoms in total. The molecule has 66 valence electrons. The highest BCUT2D eigenvalue weighted by Crippen LogP contribution is 2.14. The van der Waals surface area contributed by atoms with Gasteiger partial charge < -0.3 is 4.90 Å². The van der Waals surface area contributed by atoms with Crippen LogP contribution >= 0.6 is 11.6 Å². The quantitative estimate of drug-likeness (QED) is 0.703. The minimum Gasteiger partial charge on any atom is -0.357 e. The summed E-state index contributed by atoms with van der Waals surface area (Å²) in [5.41, 5.74) is 0. The molecule has 0 aromatic carbocycles. The van der Waals surface area contributed by atoms with Crippen LogP contribution in [0.15, 0.2) is 18.3 Å². The zero-order chi connectivity index (χ0) is 9.14. The van der Waals surface area contributed by atoms with Crippen LogP contribution in [0, 0.1) is 0 Å². The predicted molar refractivity (Wildman–Crippen MR) is 52.8 cm³/mol. The fourth-order valence-electron chi connectivity index (χ4n) is 0.841. The van der Waals surface area contributed by atoms with Crippen molar-refractivity contribution in [2.75, 3.05) is 11.9 Å². The third kappa shape index (κ3) is 2.11. The summed E-state index contributed by atoms with van der Waals surface area (Å²) in [7, 11) is 2.01. The summed E-state index contributed by atoms with van der Waals surface area (Å²) in [6.45, 7) is 4.24. The van der Waals surface area contributed by atoms with E-state index in [4.69, 9.17) is 11.6 Å². The van der Waals surface area contributed by atoms with Gasteiger partial charge in [0.15, 0.2) is 0 Å². The van der Waals surface area contributed by atoms with Crippen LogP contribution in [0.3, 0.4) is 0 Å². The van der Waals surface area contributed by atoms with Gasteiger partial charge in [-0.2, -0.15) is 0 Å². The molecule has 0 aliphatic carbocycles. The van der Waals surface area contributed by atoms with Gasteiger partial charge in [0.2, 0.25) is 0 Å². The molecular formula is C9H13ClN2. The highest BCUT2D eigenvalue weighted by Gasteiger charge is 2.04. The van der Waals surface area contributed by atoms with E-state index in [0.29, 0.717) is 11.1 Å². The highest BCUT2D eigenvalue weighted by molar-refractivity contribution is 6.30. The van der Waals surface area contributed by atoms with Crippen molar-refractivity contribution in [3.8, 4) is 0 Å². The molecule has 0 fully saturated rings. The summed E-state index contributed by atoms with van der Waals surface area (Å²) >= 11 is 5.71. The van der Waals surface area contributed by atoms with E-state index < -0.39 is 0 Å². The molecule has 0 N–H and O–H groups in total. The Morgan fingerprint density at radius 2 is 2.08 bits per heavy atom. The summed E-state index contributed by atoms with van der Waals surface area (Å²) in [4.78, 5) is 6.29. The highest BCUT2D eigenvalue weighted by atomic mass is 35.5. The topological polar surface area (TPSA) is 16.1 Å². The SMILES string of the molecule is CC(C)N(C)c1ccc(Cl)cn1. The fourth-order valence-corrected chi connectivity index (χ4v) is 0.953. The Kier molecular flexibility index (Phi) is 2.93. The van der Waals surface area contributed by atoms with Crippen molar-refractivity contribution in [2.45, 2.75) is 19.9 Å². The van der Waals surface area contributed by atoms with Crippen LogP contribution < -0.4 is 4.90 Å². The lowest BCUT2D eigenvalue weighted by Gasteiger charge is -2.22. The van der Waals surface area contributed by atoms with Crippen molar-refractivity contribution in [3.63, 3.8) is 0 Å². The molecule has 0 spiro atoms. The first-order valence-electron chi connectivity index (χ1n) is 3.95. The number of anilines is 1. The van der Waals surface area contributed by atoms with Crippen molar-refractivity contribution in [1.29, 1.82) is 0 Å². The van der Waals surface area contributed by atoms with Crippen molar-refractivity contribution < 1.29 is 0 Å². The lowest BCUT2D eigenvalue weighted by Crippen LogP contribution is -2.26. The first kappa shape index (κ1) is 9.33. The zero-order valence-corrected chi connectivity index (χ0v) is 8.34. The number of aromatic nitrogens is 1. The third-order valence-electron chi connectivity index (χ3n) is 1.85. The Balaban J connectivity index is 2.82. The number of pyridine rings is 1. The van der Waals surface area contributed by atoms with Gasteiger partial charge in [0.1, 0.15) is 5.82 Å². The molecule has 0 aliphatic heterocycles. The molecule has 0 unspecified atom stereocenters. The number of hydrogen-bond donors (Lipinski definition) is 0. The molecule has 0 amide bonds. The van der Waals surface area contributed by atoms with Crippen molar-refractivity contribution in [2.24, 2.45) is 0 Å². The Morgan fingerprint density at radius 3 is 2.50 bits per heavy atom. The molecular weight excluding hydrogens is 172 g/mol. The van der Waals surface area contributed by atoms with Gasteiger partial charge in [-0.05, 0) is 26.0 Å². The number of hydrogen-bond acceptors (Lipinski definition) is 2. The lowest BCUT2D eigenvalue weighted by atomic mass is 10.3. The maximum Gasteiger partial charge on any atom is 0.128 e. The van der Waals surface area contributed by atoms with Crippen molar-refractivity contribution in [3.05, 3.63) is 23.4 Å². The maximum atomic E-state index is 5.71. The number of halogens is 1. The molecule has 0 atom stereocenters. The van der Waals surface area contributed by atoms with Gasteiger partial charge in [-0.15, -0.1) is 0 Å². The standard InChI is InChI=1S/C9H13ClN2/c1-7(2)12(3)9-5-4-8(10)6-11-9/h4-7H,1-3H3. The van der Waals surface area contributed by atoms with Crippen LogP contribution in [-0.2, 0) is 0 Å². The monoisotopic (exact) mass is 184 g/mol. The van der Waals surface area contributed by atoms with E-state index >= 15 is 0 Å². The van der Waals surface area contributed by atoms with E-state index in [2.05, 4.69) is 23.7 Å². The van der Waals surface area contributed by atoms with E-state index in [1.54, 1.807) is 6.20 Å². The molecule has 1 aromatic rings. The molecule has 1 heterocycles. The predicted octanol–water partition coefficient (Wildman–Crippen LogP) is 2.58. The van der Waals surface area contributed by atoms with Gasteiger partial charge in [-0.1, -0.05) is 11.6 Å². The second kappa shape index (κ2) is 3.76. The van der Waals surface area contributed by atoms with Gasteiger partial charge in [0.25, 0.3) is 0 Å². The second-order valence-corrected chi connectivity index (χ2v) is 3.48. The first-order chi connectivity index (χ1) is 5.61. The van der Waals surface area contributed by atoms with Gasteiger partial charge in [-0.3, -0.25) is 0 Å². The summed E-state index contributed by atoms with van der Waals surface area (Å²) in [6, 6.07) is 4.23. The van der Waals surface area contributed by atoms with Crippen LogP contribution in [0.5, 0.6) is 0 Å². The van der Waals surface area contributed by atoms with Crippen molar-refractivity contribution >= 4 is 17.4 Å². The van der Waals surface area contributed by atoms with E-state index in [0.717, 1.165) is 5.82 Å².